The molecule has 0 aromatic heterocycles. The van der Waals surface area contributed by atoms with Crippen molar-refractivity contribution in [3.8, 4) is 0 Å². The SMILES string of the molecule is CC(C(=O)NC1CCCCNC1)C1CC1. The van der Waals surface area contributed by atoms with Crippen LogP contribution in [-0.4, -0.2) is 25.0 Å². The van der Waals surface area contributed by atoms with E-state index in [0.29, 0.717) is 12.0 Å². The van der Waals surface area contributed by atoms with Crippen LogP contribution in [0.1, 0.15) is 39.0 Å². The molecule has 2 rings (SSSR count). The van der Waals surface area contributed by atoms with Crippen molar-refractivity contribution in [2.75, 3.05) is 13.1 Å². The maximum absolute atomic E-state index is 11.9. The molecule has 86 valence electrons. The zero-order valence-electron chi connectivity index (χ0n) is 9.59. The van der Waals surface area contributed by atoms with E-state index in [0.717, 1.165) is 19.5 Å². The van der Waals surface area contributed by atoms with Crippen LogP contribution < -0.4 is 10.6 Å². The third kappa shape index (κ3) is 3.20. The number of hydrogen-bond acceptors (Lipinski definition) is 2. The van der Waals surface area contributed by atoms with E-state index in [1.807, 2.05) is 0 Å². The summed E-state index contributed by atoms with van der Waals surface area (Å²) in [5, 5.41) is 6.55. The van der Waals surface area contributed by atoms with E-state index in [-0.39, 0.29) is 11.8 Å². The minimum atomic E-state index is 0.230. The Morgan fingerprint density at radius 2 is 2.13 bits per heavy atom. The van der Waals surface area contributed by atoms with Gasteiger partial charge in [-0.1, -0.05) is 13.3 Å². The molecule has 2 fully saturated rings. The van der Waals surface area contributed by atoms with E-state index in [2.05, 4.69) is 17.6 Å². The molecule has 0 bridgehead atoms. The van der Waals surface area contributed by atoms with Gasteiger partial charge in [0.2, 0.25) is 5.91 Å². The fourth-order valence-corrected chi connectivity index (χ4v) is 2.29. The number of hydrogen-bond donors (Lipinski definition) is 2. The van der Waals surface area contributed by atoms with Crippen LogP contribution in [0.15, 0.2) is 0 Å². The highest BCUT2D eigenvalue weighted by atomic mass is 16.1. The minimum absolute atomic E-state index is 0.230. The standard InChI is InChI=1S/C12H22N2O/c1-9(10-5-6-10)12(15)14-11-4-2-3-7-13-8-11/h9-11,13H,2-8H2,1H3,(H,14,15). The summed E-state index contributed by atoms with van der Waals surface area (Å²) in [5.74, 6) is 1.17. The van der Waals surface area contributed by atoms with E-state index < -0.39 is 0 Å². The first-order chi connectivity index (χ1) is 7.27. The monoisotopic (exact) mass is 210 g/mol. The summed E-state index contributed by atoms with van der Waals surface area (Å²) in [6, 6.07) is 0.362. The number of rotatable bonds is 3. The summed E-state index contributed by atoms with van der Waals surface area (Å²) in [5.41, 5.74) is 0. The van der Waals surface area contributed by atoms with E-state index >= 15 is 0 Å². The second-order valence-corrected chi connectivity index (χ2v) is 5.03. The molecule has 0 aromatic rings. The molecule has 0 radical (unpaired) electrons. The Morgan fingerprint density at radius 1 is 1.33 bits per heavy atom. The van der Waals surface area contributed by atoms with Gasteiger partial charge in [-0.05, 0) is 38.1 Å². The molecule has 0 aromatic carbocycles. The first kappa shape index (κ1) is 10.9. The lowest BCUT2D eigenvalue weighted by atomic mass is 10.0. The van der Waals surface area contributed by atoms with Crippen molar-refractivity contribution in [2.24, 2.45) is 11.8 Å². The van der Waals surface area contributed by atoms with Crippen molar-refractivity contribution in [2.45, 2.75) is 45.1 Å². The fraction of sp³-hybridized carbons (Fsp3) is 0.917. The zero-order valence-corrected chi connectivity index (χ0v) is 9.59. The van der Waals surface area contributed by atoms with E-state index in [4.69, 9.17) is 0 Å². The van der Waals surface area contributed by atoms with Gasteiger partial charge in [-0.2, -0.15) is 0 Å². The molecule has 15 heavy (non-hydrogen) atoms. The van der Waals surface area contributed by atoms with Gasteiger partial charge in [-0.15, -0.1) is 0 Å². The Balaban J connectivity index is 1.76. The summed E-state index contributed by atoms with van der Waals surface area (Å²) in [4.78, 5) is 11.9. The van der Waals surface area contributed by atoms with Gasteiger partial charge in [0.05, 0.1) is 0 Å². The van der Waals surface area contributed by atoms with Gasteiger partial charge in [-0.25, -0.2) is 0 Å². The second-order valence-electron chi connectivity index (χ2n) is 5.03. The first-order valence-corrected chi connectivity index (χ1v) is 6.28. The molecule has 1 heterocycles. The summed E-state index contributed by atoms with van der Waals surface area (Å²) in [7, 11) is 0. The molecule has 2 atom stereocenters. The molecule has 0 spiro atoms. The molecule has 1 aliphatic carbocycles. The topological polar surface area (TPSA) is 41.1 Å². The smallest absolute Gasteiger partial charge is 0.223 e. The van der Waals surface area contributed by atoms with Gasteiger partial charge < -0.3 is 10.6 Å². The Morgan fingerprint density at radius 3 is 2.87 bits per heavy atom. The molecule has 3 nitrogen and oxygen atoms in total. The maximum atomic E-state index is 11.9. The lowest BCUT2D eigenvalue weighted by Crippen LogP contribution is -2.43. The van der Waals surface area contributed by atoms with Crippen molar-refractivity contribution in [3.63, 3.8) is 0 Å². The highest BCUT2D eigenvalue weighted by Crippen LogP contribution is 2.36. The molecule has 1 saturated carbocycles. The van der Waals surface area contributed by atoms with Crippen molar-refractivity contribution >= 4 is 5.91 Å². The fourth-order valence-electron chi connectivity index (χ4n) is 2.29. The average Bonchev–Trinajstić information content (AvgIpc) is 3.04. The van der Waals surface area contributed by atoms with Crippen molar-refractivity contribution in [1.82, 2.24) is 10.6 Å². The predicted molar refractivity (Wildman–Crippen MR) is 60.5 cm³/mol. The third-order valence-corrected chi connectivity index (χ3v) is 3.64. The molecular weight excluding hydrogens is 188 g/mol. The van der Waals surface area contributed by atoms with Crippen LogP contribution in [0.25, 0.3) is 0 Å². The van der Waals surface area contributed by atoms with Gasteiger partial charge in [0.15, 0.2) is 0 Å². The normalized spacial score (nSPS) is 29.3. The van der Waals surface area contributed by atoms with Crippen LogP contribution in [0.3, 0.4) is 0 Å². The molecule has 1 amide bonds. The number of carbonyl (C=O) groups excluding carboxylic acids is 1. The number of carbonyl (C=O) groups is 1. The summed E-state index contributed by atoms with van der Waals surface area (Å²) < 4.78 is 0. The highest BCUT2D eigenvalue weighted by molar-refractivity contribution is 5.79. The van der Waals surface area contributed by atoms with E-state index in [1.54, 1.807) is 0 Å². The van der Waals surface area contributed by atoms with Crippen LogP contribution >= 0.6 is 0 Å². The van der Waals surface area contributed by atoms with Gasteiger partial charge in [0, 0.05) is 18.5 Å². The molecule has 1 saturated heterocycles. The summed E-state index contributed by atoms with van der Waals surface area (Å²) >= 11 is 0. The third-order valence-electron chi connectivity index (χ3n) is 3.64. The van der Waals surface area contributed by atoms with Crippen molar-refractivity contribution in [3.05, 3.63) is 0 Å². The van der Waals surface area contributed by atoms with Gasteiger partial charge in [0.1, 0.15) is 0 Å². The maximum Gasteiger partial charge on any atom is 0.223 e. The van der Waals surface area contributed by atoms with E-state index in [9.17, 15) is 4.79 Å². The highest BCUT2D eigenvalue weighted by Gasteiger charge is 2.33. The van der Waals surface area contributed by atoms with E-state index in [1.165, 1.54) is 25.7 Å². The Bertz CT molecular complexity index is 218. The van der Waals surface area contributed by atoms with Gasteiger partial charge in [0.25, 0.3) is 0 Å². The van der Waals surface area contributed by atoms with Crippen LogP contribution in [-0.2, 0) is 4.79 Å². The molecule has 2 aliphatic rings. The van der Waals surface area contributed by atoms with Crippen molar-refractivity contribution in [1.29, 1.82) is 0 Å². The predicted octanol–water partition coefficient (Wildman–Crippen LogP) is 1.29. The van der Waals surface area contributed by atoms with Gasteiger partial charge in [-0.3, -0.25) is 4.79 Å². The number of nitrogens with one attached hydrogen (secondary N) is 2. The lowest BCUT2D eigenvalue weighted by molar-refractivity contribution is -0.125. The van der Waals surface area contributed by atoms with Crippen LogP contribution in [0.4, 0.5) is 0 Å². The Kier molecular flexibility index (Phi) is 3.62. The van der Waals surface area contributed by atoms with Gasteiger partial charge >= 0.3 is 0 Å². The number of amides is 1. The van der Waals surface area contributed by atoms with Crippen LogP contribution in [0, 0.1) is 11.8 Å². The Hall–Kier alpha value is -0.570. The molecule has 2 N–H and O–H groups in total. The Labute approximate surface area is 92.0 Å². The van der Waals surface area contributed by atoms with Crippen molar-refractivity contribution < 1.29 is 4.79 Å². The quantitative estimate of drug-likeness (QED) is 0.737. The van der Waals surface area contributed by atoms with Crippen LogP contribution in [0.5, 0.6) is 0 Å². The average molecular weight is 210 g/mol. The lowest BCUT2D eigenvalue weighted by Gasteiger charge is -2.19. The van der Waals surface area contributed by atoms with Crippen LogP contribution in [0.2, 0.25) is 0 Å². The first-order valence-electron chi connectivity index (χ1n) is 6.28. The second kappa shape index (κ2) is 4.97. The minimum Gasteiger partial charge on any atom is -0.352 e. The zero-order chi connectivity index (χ0) is 10.7. The molecular formula is C12H22N2O. The summed E-state index contributed by atoms with van der Waals surface area (Å²) in [6.45, 7) is 4.12. The largest absolute Gasteiger partial charge is 0.352 e. The molecule has 2 unspecified atom stereocenters. The molecule has 1 aliphatic heterocycles. The molecule has 3 heteroatoms. The summed E-state index contributed by atoms with van der Waals surface area (Å²) in [6.07, 6.45) is 6.10.